The second-order valence-corrected chi connectivity index (χ2v) is 5.48. The van der Waals surface area contributed by atoms with E-state index >= 15 is 0 Å². The molecule has 3 heterocycles. The standard InChI is InChI=1S/C19H16N4O2/c1-24-16-8-5-12(10-17(16)25-2)18-14-6-7-15(21-19(14)23-22-18)13-4-3-9-20-11-13/h3-11H,1-2H3,(H,21,22,23). The minimum Gasteiger partial charge on any atom is -0.493 e. The maximum absolute atomic E-state index is 5.38. The first-order chi connectivity index (χ1) is 12.3. The largest absolute Gasteiger partial charge is 0.493 e. The maximum atomic E-state index is 5.38. The number of hydrogen-bond acceptors (Lipinski definition) is 5. The van der Waals surface area contributed by atoms with Crippen LogP contribution in [0, 0.1) is 0 Å². The van der Waals surface area contributed by atoms with Gasteiger partial charge in [0.25, 0.3) is 0 Å². The first-order valence-corrected chi connectivity index (χ1v) is 7.78. The lowest BCUT2D eigenvalue weighted by Crippen LogP contribution is -1.91. The lowest BCUT2D eigenvalue weighted by atomic mass is 10.1. The molecule has 0 fully saturated rings. The number of aromatic amines is 1. The van der Waals surface area contributed by atoms with Gasteiger partial charge in [-0.25, -0.2) is 4.98 Å². The van der Waals surface area contributed by atoms with Crippen LogP contribution < -0.4 is 9.47 Å². The molecular weight excluding hydrogens is 316 g/mol. The number of benzene rings is 1. The normalized spacial score (nSPS) is 10.8. The van der Waals surface area contributed by atoms with E-state index in [2.05, 4.69) is 20.2 Å². The predicted molar refractivity (Wildman–Crippen MR) is 95.7 cm³/mol. The van der Waals surface area contributed by atoms with Gasteiger partial charge in [-0.1, -0.05) is 0 Å². The molecule has 0 unspecified atom stereocenters. The van der Waals surface area contributed by atoms with Gasteiger partial charge in [0.05, 0.1) is 25.6 Å². The highest BCUT2D eigenvalue weighted by atomic mass is 16.5. The van der Waals surface area contributed by atoms with Crippen molar-refractivity contribution < 1.29 is 9.47 Å². The fourth-order valence-electron chi connectivity index (χ4n) is 2.78. The fourth-order valence-corrected chi connectivity index (χ4v) is 2.78. The highest BCUT2D eigenvalue weighted by Crippen LogP contribution is 2.34. The summed E-state index contributed by atoms with van der Waals surface area (Å²) >= 11 is 0. The van der Waals surface area contributed by atoms with Gasteiger partial charge in [-0.3, -0.25) is 10.1 Å². The van der Waals surface area contributed by atoms with E-state index in [1.54, 1.807) is 26.6 Å². The summed E-state index contributed by atoms with van der Waals surface area (Å²) in [6, 6.07) is 13.6. The molecule has 0 radical (unpaired) electrons. The summed E-state index contributed by atoms with van der Waals surface area (Å²) in [6.07, 6.45) is 3.53. The molecule has 1 N–H and O–H groups in total. The van der Waals surface area contributed by atoms with Crippen LogP contribution >= 0.6 is 0 Å². The summed E-state index contributed by atoms with van der Waals surface area (Å²) in [5, 5.41) is 8.37. The van der Waals surface area contributed by atoms with Crippen LogP contribution in [0.3, 0.4) is 0 Å². The van der Waals surface area contributed by atoms with Crippen LogP contribution in [0.5, 0.6) is 11.5 Å². The average Bonchev–Trinajstić information content (AvgIpc) is 3.11. The highest BCUT2D eigenvalue weighted by molar-refractivity contribution is 5.92. The molecule has 3 aromatic heterocycles. The quantitative estimate of drug-likeness (QED) is 0.617. The lowest BCUT2D eigenvalue weighted by Gasteiger charge is -2.09. The van der Waals surface area contributed by atoms with Crippen LogP contribution in [0.2, 0.25) is 0 Å². The number of nitrogens with zero attached hydrogens (tertiary/aromatic N) is 3. The van der Waals surface area contributed by atoms with Gasteiger partial charge in [-0.2, -0.15) is 5.10 Å². The lowest BCUT2D eigenvalue weighted by molar-refractivity contribution is 0.355. The maximum Gasteiger partial charge on any atom is 0.182 e. The summed E-state index contributed by atoms with van der Waals surface area (Å²) in [6.45, 7) is 0. The molecule has 0 aliphatic rings. The zero-order chi connectivity index (χ0) is 17.2. The van der Waals surface area contributed by atoms with E-state index < -0.39 is 0 Å². The molecule has 0 atom stereocenters. The number of methoxy groups -OCH3 is 2. The Morgan fingerprint density at radius 1 is 0.920 bits per heavy atom. The summed E-state index contributed by atoms with van der Waals surface area (Å²) in [4.78, 5) is 8.76. The Morgan fingerprint density at radius 3 is 2.56 bits per heavy atom. The van der Waals surface area contributed by atoms with Crippen LogP contribution in [0.15, 0.2) is 54.9 Å². The van der Waals surface area contributed by atoms with Gasteiger partial charge in [-0.05, 0) is 42.5 Å². The molecule has 0 bridgehead atoms. The number of hydrogen-bond donors (Lipinski definition) is 1. The van der Waals surface area contributed by atoms with Crippen molar-refractivity contribution in [1.29, 1.82) is 0 Å². The topological polar surface area (TPSA) is 72.9 Å². The Morgan fingerprint density at radius 2 is 1.80 bits per heavy atom. The predicted octanol–water partition coefficient (Wildman–Crippen LogP) is 3.70. The molecule has 25 heavy (non-hydrogen) atoms. The zero-order valence-electron chi connectivity index (χ0n) is 13.9. The molecule has 0 amide bonds. The van der Waals surface area contributed by atoms with Crippen molar-refractivity contribution in [1.82, 2.24) is 20.2 Å². The van der Waals surface area contributed by atoms with Crippen molar-refractivity contribution in [2.45, 2.75) is 0 Å². The molecule has 124 valence electrons. The van der Waals surface area contributed by atoms with Crippen molar-refractivity contribution in [2.75, 3.05) is 14.2 Å². The van der Waals surface area contributed by atoms with Crippen LogP contribution in [0.4, 0.5) is 0 Å². The molecule has 6 heteroatoms. The molecule has 1 aromatic carbocycles. The van der Waals surface area contributed by atoms with E-state index in [0.29, 0.717) is 17.1 Å². The number of fused-ring (bicyclic) bond motifs is 1. The highest BCUT2D eigenvalue weighted by Gasteiger charge is 2.13. The molecule has 4 aromatic rings. The Balaban J connectivity index is 1.79. The summed E-state index contributed by atoms with van der Waals surface area (Å²) in [5.74, 6) is 1.36. The van der Waals surface area contributed by atoms with Crippen molar-refractivity contribution >= 4 is 11.0 Å². The summed E-state index contributed by atoms with van der Waals surface area (Å²) < 4.78 is 10.7. The molecule has 0 aliphatic heterocycles. The number of rotatable bonds is 4. The molecule has 4 rings (SSSR count). The van der Waals surface area contributed by atoms with Gasteiger partial charge >= 0.3 is 0 Å². The molecule has 6 nitrogen and oxygen atoms in total. The van der Waals surface area contributed by atoms with Crippen molar-refractivity contribution in [3.05, 3.63) is 54.9 Å². The molecule has 0 saturated heterocycles. The number of aromatic nitrogens is 4. The smallest absolute Gasteiger partial charge is 0.182 e. The molecule has 0 spiro atoms. The number of H-pyrrole nitrogens is 1. The third-order valence-corrected chi connectivity index (χ3v) is 4.05. The Hall–Kier alpha value is -3.41. The Labute approximate surface area is 144 Å². The van der Waals surface area contributed by atoms with Crippen LogP contribution in [-0.4, -0.2) is 34.4 Å². The molecular formula is C19H16N4O2. The van der Waals surface area contributed by atoms with Crippen LogP contribution in [-0.2, 0) is 0 Å². The van der Waals surface area contributed by atoms with Gasteiger partial charge in [-0.15, -0.1) is 0 Å². The summed E-state index contributed by atoms with van der Waals surface area (Å²) in [5.41, 5.74) is 4.30. The average molecular weight is 332 g/mol. The van der Waals surface area contributed by atoms with E-state index in [1.165, 1.54) is 0 Å². The number of pyridine rings is 2. The van der Waals surface area contributed by atoms with Crippen LogP contribution in [0.25, 0.3) is 33.5 Å². The second kappa shape index (κ2) is 6.24. The first kappa shape index (κ1) is 15.1. The fraction of sp³-hybridized carbons (Fsp3) is 0.105. The molecule has 0 saturated carbocycles. The van der Waals surface area contributed by atoms with Gasteiger partial charge in [0, 0.05) is 28.9 Å². The van der Waals surface area contributed by atoms with E-state index in [9.17, 15) is 0 Å². The van der Waals surface area contributed by atoms with Gasteiger partial charge in [0.1, 0.15) is 0 Å². The van der Waals surface area contributed by atoms with E-state index in [1.807, 2.05) is 42.5 Å². The SMILES string of the molecule is COc1ccc(-c2[nH]nc3nc(-c4cccnc4)ccc23)cc1OC. The van der Waals surface area contributed by atoms with Gasteiger partial charge < -0.3 is 9.47 Å². The number of ether oxygens (including phenoxy) is 2. The van der Waals surface area contributed by atoms with Crippen molar-refractivity contribution in [3.63, 3.8) is 0 Å². The number of nitrogens with one attached hydrogen (secondary N) is 1. The molecule has 0 aliphatic carbocycles. The monoisotopic (exact) mass is 332 g/mol. The van der Waals surface area contributed by atoms with Crippen molar-refractivity contribution in [2.24, 2.45) is 0 Å². The third-order valence-electron chi connectivity index (χ3n) is 4.05. The van der Waals surface area contributed by atoms with E-state index in [0.717, 1.165) is 27.9 Å². The zero-order valence-corrected chi connectivity index (χ0v) is 13.9. The third kappa shape index (κ3) is 2.67. The van der Waals surface area contributed by atoms with Crippen molar-refractivity contribution in [3.8, 4) is 34.0 Å². The van der Waals surface area contributed by atoms with Gasteiger partial charge in [0.2, 0.25) is 0 Å². The van der Waals surface area contributed by atoms with Crippen LogP contribution in [0.1, 0.15) is 0 Å². The minimum atomic E-state index is 0.658. The second-order valence-electron chi connectivity index (χ2n) is 5.48. The van der Waals surface area contributed by atoms with Gasteiger partial charge in [0.15, 0.2) is 17.1 Å². The Kier molecular flexibility index (Phi) is 3.78. The van der Waals surface area contributed by atoms with E-state index in [4.69, 9.17) is 9.47 Å². The van der Waals surface area contributed by atoms with E-state index in [-0.39, 0.29) is 0 Å². The summed E-state index contributed by atoms with van der Waals surface area (Å²) in [7, 11) is 3.24. The minimum absolute atomic E-state index is 0.658. The Bertz CT molecular complexity index is 1030. The first-order valence-electron chi connectivity index (χ1n) is 7.78.